The van der Waals surface area contributed by atoms with Crippen molar-refractivity contribution in [2.24, 2.45) is 0 Å². The number of aliphatic hydroxyl groups is 1. The fourth-order valence-electron chi connectivity index (χ4n) is 2.87. The Labute approximate surface area is 185 Å². The Morgan fingerprint density at radius 1 is 1.00 bits per heavy atom. The van der Waals surface area contributed by atoms with Crippen LogP contribution in [0.1, 0.15) is 22.4 Å². The molecular formula is C23H26N4O3S. The number of carbonyl (C=O) groups is 2. The summed E-state index contributed by atoms with van der Waals surface area (Å²) in [6, 6.07) is 15.5. The highest BCUT2D eigenvalue weighted by Crippen LogP contribution is 2.19. The van der Waals surface area contributed by atoms with Crippen LogP contribution in [0.4, 0.5) is 5.69 Å². The molecule has 1 aromatic heterocycles. The molecule has 162 valence electrons. The minimum absolute atomic E-state index is 0.0175. The number of aliphatic hydroxyl groups excluding tert-OH is 1. The van der Waals surface area contributed by atoms with Crippen LogP contribution in [0.25, 0.3) is 0 Å². The standard InChI is InChI=1S/C23H26N4O3S/c1-16-3-7-18(8-4-16)11-24-21(29)13-27-20(14-28)12-25-23(27)31-15-22(30)26-19-9-5-17(2)6-10-19/h3-10,12,28H,11,13-15H2,1-2H3,(H,24,29)(H,26,30). The van der Waals surface area contributed by atoms with Gasteiger partial charge >= 0.3 is 0 Å². The van der Waals surface area contributed by atoms with Crippen LogP contribution in [-0.4, -0.2) is 32.2 Å². The summed E-state index contributed by atoms with van der Waals surface area (Å²) in [6.07, 6.45) is 1.52. The van der Waals surface area contributed by atoms with Crippen LogP contribution in [0.2, 0.25) is 0 Å². The maximum atomic E-state index is 12.4. The van der Waals surface area contributed by atoms with E-state index in [9.17, 15) is 14.7 Å². The molecule has 2 aromatic carbocycles. The number of carbonyl (C=O) groups excluding carboxylic acids is 2. The Morgan fingerprint density at radius 3 is 2.29 bits per heavy atom. The molecule has 0 bridgehead atoms. The molecule has 0 aliphatic rings. The van der Waals surface area contributed by atoms with Gasteiger partial charge in [-0.15, -0.1) is 0 Å². The third-order valence-electron chi connectivity index (χ3n) is 4.64. The lowest BCUT2D eigenvalue weighted by Crippen LogP contribution is -2.28. The van der Waals surface area contributed by atoms with Crippen molar-refractivity contribution < 1.29 is 14.7 Å². The molecule has 0 spiro atoms. The van der Waals surface area contributed by atoms with E-state index in [1.807, 2.05) is 62.4 Å². The first kappa shape index (κ1) is 22.6. The van der Waals surface area contributed by atoms with Crippen molar-refractivity contribution in [1.82, 2.24) is 14.9 Å². The average Bonchev–Trinajstić information content (AvgIpc) is 3.15. The average molecular weight is 439 g/mol. The van der Waals surface area contributed by atoms with E-state index in [2.05, 4.69) is 15.6 Å². The van der Waals surface area contributed by atoms with Crippen LogP contribution in [0.5, 0.6) is 0 Å². The van der Waals surface area contributed by atoms with Gasteiger partial charge in [-0.1, -0.05) is 59.3 Å². The quantitative estimate of drug-likeness (QED) is 0.446. The molecule has 7 nitrogen and oxygen atoms in total. The number of aryl methyl sites for hydroxylation is 2. The first-order valence-electron chi connectivity index (χ1n) is 9.91. The molecule has 0 saturated heterocycles. The van der Waals surface area contributed by atoms with E-state index >= 15 is 0 Å². The van der Waals surface area contributed by atoms with E-state index in [-0.39, 0.29) is 30.7 Å². The number of hydrogen-bond acceptors (Lipinski definition) is 5. The molecule has 1 heterocycles. The lowest BCUT2D eigenvalue weighted by molar-refractivity contribution is -0.122. The Morgan fingerprint density at radius 2 is 1.65 bits per heavy atom. The predicted octanol–water partition coefficient (Wildman–Crippen LogP) is 3.04. The summed E-state index contributed by atoms with van der Waals surface area (Å²) >= 11 is 1.22. The number of thioether (sulfide) groups is 1. The summed E-state index contributed by atoms with van der Waals surface area (Å²) in [7, 11) is 0. The summed E-state index contributed by atoms with van der Waals surface area (Å²) in [5, 5.41) is 15.8. The Bertz CT molecular complexity index is 1030. The van der Waals surface area contributed by atoms with Gasteiger partial charge in [-0.2, -0.15) is 0 Å². The SMILES string of the molecule is Cc1ccc(CNC(=O)Cn2c(CO)cnc2SCC(=O)Nc2ccc(C)cc2)cc1. The van der Waals surface area contributed by atoms with Crippen molar-refractivity contribution in [2.75, 3.05) is 11.1 Å². The lowest BCUT2D eigenvalue weighted by Gasteiger charge is -2.11. The molecule has 2 amide bonds. The maximum Gasteiger partial charge on any atom is 0.240 e. The third-order valence-corrected chi connectivity index (χ3v) is 5.63. The molecule has 3 rings (SSSR count). The molecule has 31 heavy (non-hydrogen) atoms. The van der Waals surface area contributed by atoms with E-state index < -0.39 is 0 Å². The van der Waals surface area contributed by atoms with Gasteiger partial charge in [0, 0.05) is 12.2 Å². The first-order chi connectivity index (χ1) is 14.9. The highest BCUT2D eigenvalue weighted by molar-refractivity contribution is 7.99. The number of aromatic nitrogens is 2. The summed E-state index contributed by atoms with van der Waals surface area (Å²) in [4.78, 5) is 29.0. The van der Waals surface area contributed by atoms with Gasteiger partial charge in [0.1, 0.15) is 6.54 Å². The second-order valence-electron chi connectivity index (χ2n) is 7.24. The molecule has 0 saturated carbocycles. The number of anilines is 1. The van der Waals surface area contributed by atoms with Gasteiger partial charge in [-0.3, -0.25) is 9.59 Å². The van der Waals surface area contributed by atoms with Crippen molar-refractivity contribution in [3.05, 3.63) is 77.1 Å². The van der Waals surface area contributed by atoms with Crippen LogP contribution in [0.15, 0.2) is 59.9 Å². The van der Waals surface area contributed by atoms with E-state index in [1.54, 1.807) is 4.57 Å². The number of benzene rings is 2. The van der Waals surface area contributed by atoms with Crippen molar-refractivity contribution in [3.63, 3.8) is 0 Å². The van der Waals surface area contributed by atoms with Crippen LogP contribution in [0, 0.1) is 13.8 Å². The molecule has 0 fully saturated rings. The van der Waals surface area contributed by atoms with Gasteiger partial charge in [0.05, 0.1) is 24.3 Å². The van der Waals surface area contributed by atoms with Gasteiger partial charge in [0.2, 0.25) is 11.8 Å². The molecule has 0 unspecified atom stereocenters. The number of nitrogens with one attached hydrogen (secondary N) is 2. The molecule has 0 aliphatic carbocycles. The number of hydrogen-bond donors (Lipinski definition) is 3. The topological polar surface area (TPSA) is 96.2 Å². The molecule has 0 radical (unpaired) electrons. The van der Waals surface area contributed by atoms with Gasteiger partial charge in [0.15, 0.2) is 5.16 Å². The second kappa shape index (κ2) is 10.8. The highest BCUT2D eigenvalue weighted by Gasteiger charge is 2.15. The number of nitrogens with zero attached hydrogens (tertiary/aromatic N) is 2. The van der Waals surface area contributed by atoms with E-state index in [0.717, 1.165) is 22.4 Å². The fraction of sp³-hybridized carbons (Fsp3) is 0.261. The summed E-state index contributed by atoms with van der Waals surface area (Å²) in [5.74, 6) is -0.224. The summed E-state index contributed by atoms with van der Waals surface area (Å²) in [6.45, 7) is 4.19. The zero-order chi connectivity index (χ0) is 22.2. The number of amides is 2. The summed E-state index contributed by atoms with van der Waals surface area (Å²) < 4.78 is 1.63. The zero-order valence-corrected chi connectivity index (χ0v) is 18.4. The van der Waals surface area contributed by atoms with Crippen LogP contribution >= 0.6 is 11.8 Å². The second-order valence-corrected chi connectivity index (χ2v) is 8.18. The first-order valence-corrected chi connectivity index (χ1v) is 10.9. The summed E-state index contributed by atoms with van der Waals surface area (Å²) in [5.41, 5.74) is 4.54. The van der Waals surface area contributed by atoms with Crippen molar-refractivity contribution in [3.8, 4) is 0 Å². The molecule has 3 N–H and O–H groups in total. The van der Waals surface area contributed by atoms with Gasteiger partial charge < -0.3 is 20.3 Å². The smallest absolute Gasteiger partial charge is 0.240 e. The minimum Gasteiger partial charge on any atom is -0.390 e. The van der Waals surface area contributed by atoms with Crippen molar-refractivity contribution in [2.45, 2.75) is 38.7 Å². The molecule has 0 aliphatic heterocycles. The van der Waals surface area contributed by atoms with E-state index in [1.165, 1.54) is 18.0 Å². The molecule has 3 aromatic rings. The Balaban J connectivity index is 1.56. The van der Waals surface area contributed by atoms with E-state index in [4.69, 9.17) is 0 Å². The van der Waals surface area contributed by atoms with Crippen LogP contribution < -0.4 is 10.6 Å². The Kier molecular flexibility index (Phi) is 7.86. The minimum atomic E-state index is -0.242. The number of rotatable bonds is 9. The highest BCUT2D eigenvalue weighted by atomic mass is 32.2. The molecule has 0 atom stereocenters. The Hall–Kier alpha value is -3.10. The van der Waals surface area contributed by atoms with Crippen LogP contribution in [0.3, 0.4) is 0 Å². The normalized spacial score (nSPS) is 10.7. The third kappa shape index (κ3) is 6.70. The molecule has 8 heteroatoms. The maximum absolute atomic E-state index is 12.4. The molecular weight excluding hydrogens is 412 g/mol. The van der Waals surface area contributed by atoms with Gasteiger partial charge in [-0.05, 0) is 31.5 Å². The lowest BCUT2D eigenvalue weighted by atomic mass is 10.1. The predicted molar refractivity (Wildman–Crippen MR) is 122 cm³/mol. The zero-order valence-electron chi connectivity index (χ0n) is 17.6. The van der Waals surface area contributed by atoms with Gasteiger partial charge in [-0.25, -0.2) is 4.98 Å². The van der Waals surface area contributed by atoms with Gasteiger partial charge in [0.25, 0.3) is 0 Å². The fourth-order valence-corrected chi connectivity index (χ4v) is 3.67. The van der Waals surface area contributed by atoms with E-state index in [0.29, 0.717) is 17.4 Å². The largest absolute Gasteiger partial charge is 0.390 e. The van der Waals surface area contributed by atoms with Crippen molar-refractivity contribution >= 4 is 29.3 Å². The number of imidazole rings is 1. The monoisotopic (exact) mass is 438 g/mol. The van der Waals surface area contributed by atoms with Crippen molar-refractivity contribution in [1.29, 1.82) is 0 Å². The van der Waals surface area contributed by atoms with Crippen LogP contribution in [-0.2, 0) is 29.3 Å².